The van der Waals surface area contributed by atoms with E-state index in [1.54, 1.807) is 12.1 Å². The molecule has 82 valence electrons. The molecule has 0 saturated carbocycles. The molecule has 4 N–H and O–H groups in total. The molecule has 1 heterocycles. The predicted molar refractivity (Wildman–Crippen MR) is 58.5 cm³/mol. The minimum Gasteiger partial charge on any atom is -0.754 e. The van der Waals surface area contributed by atoms with Crippen molar-refractivity contribution in [2.45, 2.75) is 0 Å². The Hall–Kier alpha value is -2.50. The highest BCUT2D eigenvalue weighted by Crippen LogP contribution is 2.19. The number of hydrogen-bond donors (Lipinski definition) is 2. The summed E-state index contributed by atoms with van der Waals surface area (Å²) in [6.07, 6.45) is 0. The van der Waals surface area contributed by atoms with Gasteiger partial charge in [-0.2, -0.15) is 0 Å². The van der Waals surface area contributed by atoms with Crippen LogP contribution in [0.5, 0.6) is 11.6 Å². The maximum atomic E-state index is 11.1. The molecule has 0 atom stereocenters. The summed E-state index contributed by atoms with van der Waals surface area (Å²) < 4.78 is 5.70. The van der Waals surface area contributed by atoms with Crippen LogP contribution in [0.2, 0.25) is 0 Å². The Balaban J connectivity index is 2.29. The molecule has 0 bridgehead atoms. The summed E-state index contributed by atoms with van der Waals surface area (Å²) in [6.45, 7) is 0. The first-order chi connectivity index (χ1) is 7.66. The van der Waals surface area contributed by atoms with Gasteiger partial charge in [-0.1, -0.05) is 23.2 Å². The molecule has 16 heavy (non-hydrogen) atoms. The van der Waals surface area contributed by atoms with E-state index in [9.17, 15) is 5.21 Å². The lowest BCUT2D eigenvalue weighted by Gasteiger charge is -2.10. The molecule has 0 aliphatic carbocycles. The maximum absolute atomic E-state index is 11.1. The fourth-order valence-corrected chi connectivity index (χ4v) is 1.17. The molecule has 0 fully saturated rings. The SMILES string of the molecule is Nc1cc(Oc2ccccc2)nc(N)[n+]1[O-]. The van der Waals surface area contributed by atoms with E-state index in [1.165, 1.54) is 6.07 Å². The van der Waals surface area contributed by atoms with Gasteiger partial charge in [-0.05, 0) is 12.1 Å². The Labute approximate surface area is 91.7 Å². The van der Waals surface area contributed by atoms with Crippen LogP contribution in [0.25, 0.3) is 0 Å². The van der Waals surface area contributed by atoms with Crippen LogP contribution in [0.15, 0.2) is 36.4 Å². The highest BCUT2D eigenvalue weighted by Gasteiger charge is 2.09. The van der Waals surface area contributed by atoms with Gasteiger partial charge in [-0.15, -0.1) is 0 Å². The topological polar surface area (TPSA) is 101 Å². The van der Waals surface area contributed by atoms with Gasteiger partial charge in [0.15, 0.2) is 5.82 Å². The number of nitrogen functional groups attached to an aromatic ring is 2. The van der Waals surface area contributed by atoms with Gasteiger partial charge in [-0.25, -0.2) is 4.73 Å². The van der Waals surface area contributed by atoms with Gasteiger partial charge in [0.25, 0.3) is 5.88 Å². The number of nitrogens with two attached hydrogens (primary N) is 2. The number of aromatic nitrogens is 2. The largest absolute Gasteiger partial charge is 0.754 e. The number of anilines is 2. The van der Waals surface area contributed by atoms with Gasteiger partial charge in [0.2, 0.25) is 0 Å². The third kappa shape index (κ3) is 1.95. The number of nitrogens with zero attached hydrogens (tertiary/aromatic N) is 2. The van der Waals surface area contributed by atoms with E-state index in [2.05, 4.69) is 4.98 Å². The van der Waals surface area contributed by atoms with Crippen molar-refractivity contribution in [1.29, 1.82) is 0 Å². The summed E-state index contributed by atoms with van der Waals surface area (Å²) in [5, 5.41) is 11.1. The molecule has 0 aliphatic rings. The Bertz CT molecular complexity index is 478. The van der Waals surface area contributed by atoms with Crippen LogP contribution in [0.1, 0.15) is 0 Å². The van der Waals surface area contributed by atoms with E-state index in [1.807, 2.05) is 18.2 Å². The Kier molecular flexibility index (Phi) is 2.47. The van der Waals surface area contributed by atoms with Crippen molar-refractivity contribution < 1.29 is 9.47 Å². The van der Waals surface area contributed by atoms with Crippen molar-refractivity contribution in [1.82, 2.24) is 4.98 Å². The van der Waals surface area contributed by atoms with E-state index in [0.29, 0.717) is 10.5 Å². The van der Waals surface area contributed by atoms with Gasteiger partial charge in [0.1, 0.15) is 5.75 Å². The average Bonchev–Trinajstić information content (AvgIpc) is 2.27. The Morgan fingerprint density at radius 1 is 1.19 bits per heavy atom. The molecule has 0 spiro atoms. The van der Waals surface area contributed by atoms with Crippen molar-refractivity contribution in [3.63, 3.8) is 0 Å². The first kappa shape index (κ1) is 10.0. The smallest absolute Gasteiger partial charge is 0.347 e. The average molecular weight is 218 g/mol. The van der Waals surface area contributed by atoms with E-state index in [0.717, 1.165) is 0 Å². The van der Waals surface area contributed by atoms with Crippen LogP contribution in [0.3, 0.4) is 0 Å². The predicted octanol–water partition coefficient (Wildman–Crippen LogP) is 0.672. The minimum absolute atomic E-state index is 0.0570. The molecule has 0 amide bonds. The normalized spacial score (nSPS) is 10.0. The fourth-order valence-electron chi connectivity index (χ4n) is 1.17. The summed E-state index contributed by atoms with van der Waals surface area (Å²) in [5.41, 5.74) is 10.8. The summed E-state index contributed by atoms with van der Waals surface area (Å²) in [7, 11) is 0. The number of para-hydroxylation sites is 1. The zero-order chi connectivity index (χ0) is 11.5. The van der Waals surface area contributed by atoms with E-state index in [-0.39, 0.29) is 17.6 Å². The summed E-state index contributed by atoms with van der Waals surface area (Å²) >= 11 is 0. The third-order valence-corrected chi connectivity index (χ3v) is 1.90. The fraction of sp³-hybridized carbons (Fsp3) is 0. The van der Waals surface area contributed by atoms with E-state index >= 15 is 0 Å². The Morgan fingerprint density at radius 2 is 1.88 bits per heavy atom. The minimum atomic E-state index is -0.245. The van der Waals surface area contributed by atoms with Crippen LogP contribution in [-0.2, 0) is 0 Å². The lowest BCUT2D eigenvalue weighted by atomic mass is 10.3. The van der Waals surface area contributed by atoms with Crippen LogP contribution in [0.4, 0.5) is 11.8 Å². The first-order valence-electron chi connectivity index (χ1n) is 4.55. The van der Waals surface area contributed by atoms with Crippen LogP contribution in [-0.4, -0.2) is 4.98 Å². The molecule has 0 aliphatic heterocycles. The van der Waals surface area contributed by atoms with E-state index < -0.39 is 0 Å². The molecule has 0 saturated heterocycles. The van der Waals surface area contributed by atoms with Gasteiger partial charge in [0.05, 0.1) is 6.07 Å². The Morgan fingerprint density at radius 3 is 2.50 bits per heavy atom. The number of hydrogen-bond acceptors (Lipinski definition) is 5. The molecule has 1 aromatic heterocycles. The number of benzene rings is 1. The monoisotopic (exact) mass is 218 g/mol. The van der Waals surface area contributed by atoms with Crippen molar-refractivity contribution >= 4 is 11.8 Å². The molecule has 0 radical (unpaired) electrons. The zero-order valence-corrected chi connectivity index (χ0v) is 8.33. The van der Waals surface area contributed by atoms with E-state index in [4.69, 9.17) is 16.2 Å². The van der Waals surface area contributed by atoms with Gasteiger partial charge in [0, 0.05) is 0 Å². The molecule has 1 aromatic carbocycles. The molecular formula is C10H10N4O2. The lowest BCUT2D eigenvalue weighted by Crippen LogP contribution is -2.35. The second-order valence-electron chi connectivity index (χ2n) is 3.09. The molecule has 6 nitrogen and oxygen atoms in total. The number of ether oxygens (including phenoxy) is 1. The summed E-state index contributed by atoms with van der Waals surface area (Å²) in [4.78, 5) is 3.75. The lowest BCUT2D eigenvalue weighted by molar-refractivity contribution is -0.577. The quantitative estimate of drug-likeness (QED) is 0.570. The standard InChI is InChI=1S/C10H10N4O2/c11-8-6-9(13-10(12)14(8)15)16-7-4-2-1-3-5-7/h1-6H,11H2,(H2,12,13). The summed E-state index contributed by atoms with van der Waals surface area (Å²) in [6, 6.07) is 10.3. The van der Waals surface area contributed by atoms with Crippen LogP contribution >= 0.6 is 0 Å². The molecule has 6 heteroatoms. The second-order valence-corrected chi connectivity index (χ2v) is 3.09. The molecule has 2 rings (SSSR count). The highest BCUT2D eigenvalue weighted by molar-refractivity contribution is 5.34. The van der Waals surface area contributed by atoms with Crippen LogP contribution < -0.4 is 20.9 Å². The van der Waals surface area contributed by atoms with Gasteiger partial charge in [-0.3, -0.25) is 0 Å². The van der Waals surface area contributed by atoms with Crippen LogP contribution in [0, 0.1) is 5.21 Å². The maximum Gasteiger partial charge on any atom is 0.347 e. The zero-order valence-electron chi connectivity index (χ0n) is 8.33. The highest BCUT2D eigenvalue weighted by atomic mass is 16.5. The second kappa shape index (κ2) is 3.93. The van der Waals surface area contributed by atoms with Crippen molar-refractivity contribution in [2.24, 2.45) is 0 Å². The van der Waals surface area contributed by atoms with Crippen molar-refractivity contribution in [3.8, 4) is 11.6 Å². The van der Waals surface area contributed by atoms with Gasteiger partial charge < -0.3 is 21.4 Å². The third-order valence-electron chi connectivity index (χ3n) is 1.90. The first-order valence-corrected chi connectivity index (χ1v) is 4.55. The summed E-state index contributed by atoms with van der Waals surface area (Å²) in [5.74, 6) is 0.482. The van der Waals surface area contributed by atoms with Gasteiger partial charge >= 0.3 is 5.95 Å². The molecule has 2 aromatic rings. The molecular weight excluding hydrogens is 208 g/mol. The van der Waals surface area contributed by atoms with Crippen molar-refractivity contribution in [2.75, 3.05) is 11.5 Å². The molecule has 0 unspecified atom stereocenters. The number of rotatable bonds is 2. The van der Waals surface area contributed by atoms with Crippen molar-refractivity contribution in [3.05, 3.63) is 41.6 Å².